The summed E-state index contributed by atoms with van der Waals surface area (Å²) < 4.78 is 6.90. The zero-order chi connectivity index (χ0) is 24.9. The van der Waals surface area contributed by atoms with Crippen molar-refractivity contribution in [3.05, 3.63) is 58.7 Å². The molecule has 0 atom stereocenters. The fraction of sp³-hybridized carbons (Fsp3) is 0.667. The first-order valence-electron chi connectivity index (χ1n) is 16.3. The van der Waals surface area contributed by atoms with Crippen molar-refractivity contribution in [2.75, 3.05) is 0 Å². The topological polar surface area (TPSA) is 9.23 Å². The van der Waals surface area contributed by atoms with Gasteiger partial charge in [0.05, 0.1) is 0 Å². The molecule has 0 heterocycles. The minimum absolute atomic E-state index is 0.728. The van der Waals surface area contributed by atoms with Crippen LogP contribution >= 0.6 is 0 Å². The number of ether oxygens (including phenoxy) is 1. The van der Waals surface area contributed by atoms with Crippen molar-refractivity contribution in [2.45, 2.75) is 152 Å². The Morgan fingerprint density at radius 1 is 0.324 bits per heavy atom. The molecular formula is C36H50O. The quantitative estimate of drug-likeness (QED) is 0.385. The number of hydrogen-bond donors (Lipinski definition) is 0. The molecular weight excluding hydrogens is 448 g/mol. The van der Waals surface area contributed by atoms with Gasteiger partial charge in [0, 0.05) is 0 Å². The van der Waals surface area contributed by atoms with Gasteiger partial charge in [0.2, 0.25) is 0 Å². The fourth-order valence-corrected chi connectivity index (χ4v) is 8.23. The van der Waals surface area contributed by atoms with Crippen LogP contribution in [0.5, 0.6) is 11.5 Å². The van der Waals surface area contributed by atoms with Crippen molar-refractivity contribution in [3.63, 3.8) is 0 Å². The molecule has 200 valence electrons. The fourth-order valence-electron chi connectivity index (χ4n) is 8.23. The highest BCUT2D eigenvalue weighted by atomic mass is 16.5. The van der Waals surface area contributed by atoms with Crippen LogP contribution in [0.3, 0.4) is 0 Å². The highest BCUT2D eigenvalue weighted by Gasteiger charge is 2.24. The Kier molecular flexibility index (Phi) is 8.55. The average molecular weight is 499 g/mol. The van der Waals surface area contributed by atoms with E-state index in [1.54, 1.807) is 22.3 Å². The van der Waals surface area contributed by atoms with Crippen LogP contribution in [0.1, 0.15) is 174 Å². The minimum Gasteiger partial charge on any atom is -0.457 e. The minimum atomic E-state index is 0.728. The molecule has 0 saturated heterocycles. The van der Waals surface area contributed by atoms with E-state index in [4.69, 9.17) is 4.74 Å². The van der Waals surface area contributed by atoms with E-state index in [9.17, 15) is 0 Å². The van der Waals surface area contributed by atoms with E-state index in [-0.39, 0.29) is 0 Å². The second-order valence-corrected chi connectivity index (χ2v) is 13.1. The van der Waals surface area contributed by atoms with E-state index >= 15 is 0 Å². The van der Waals surface area contributed by atoms with Gasteiger partial charge in [-0.1, -0.05) is 89.2 Å². The molecule has 1 nitrogen and oxygen atoms in total. The molecule has 0 radical (unpaired) electrons. The zero-order valence-corrected chi connectivity index (χ0v) is 23.3. The SMILES string of the molecule is c1c(Oc2cc(C3CCCCC3)cc(C3CCCCC3)c2)cc(C2CCCCC2)cc1C1CCCCC1. The van der Waals surface area contributed by atoms with Gasteiger partial charge in [-0.15, -0.1) is 0 Å². The predicted octanol–water partition coefficient (Wildman–Crippen LogP) is 11.7. The summed E-state index contributed by atoms with van der Waals surface area (Å²) in [6.45, 7) is 0. The molecule has 0 bridgehead atoms. The van der Waals surface area contributed by atoms with Gasteiger partial charge in [0.25, 0.3) is 0 Å². The summed E-state index contributed by atoms with van der Waals surface area (Å²) in [4.78, 5) is 0. The molecule has 0 aliphatic heterocycles. The van der Waals surface area contributed by atoms with Gasteiger partial charge in [-0.2, -0.15) is 0 Å². The first-order valence-corrected chi connectivity index (χ1v) is 16.3. The van der Waals surface area contributed by atoms with E-state index in [0.717, 1.165) is 35.2 Å². The third kappa shape index (κ3) is 6.46. The summed E-state index contributed by atoms with van der Waals surface area (Å²) in [5.74, 6) is 5.13. The Morgan fingerprint density at radius 2 is 0.568 bits per heavy atom. The molecule has 4 aliphatic rings. The van der Waals surface area contributed by atoms with E-state index in [1.165, 1.54) is 128 Å². The molecule has 2 aromatic rings. The third-order valence-electron chi connectivity index (χ3n) is 10.4. The van der Waals surface area contributed by atoms with Gasteiger partial charge >= 0.3 is 0 Å². The zero-order valence-electron chi connectivity index (χ0n) is 23.3. The monoisotopic (exact) mass is 498 g/mol. The van der Waals surface area contributed by atoms with Gasteiger partial charge in [0.1, 0.15) is 11.5 Å². The lowest BCUT2D eigenvalue weighted by molar-refractivity contribution is 0.423. The van der Waals surface area contributed by atoms with Crippen LogP contribution in [-0.2, 0) is 0 Å². The first kappa shape index (κ1) is 25.5. The summed E-state index contributed by atoms with van der Waals surface area (Å²) in [7, 11) is 0. The van der Waals surface area contributed by atoms with Crippen molar-refractivity contribution in [1.82, 2.24) is 0 Å². The first-order chi connectivity index (χ1) is 18.3. The summed E-state index contributed by atoms with van der Waals surface area (Å²) in [6.07, 6.45) is 27.7. The van der Waals surface area contributed by atoms with Gasteiger partial charge in [-0.25, -0.2) is 0 Å². The molecule has 1 heteroatoms. The third-order valence-corrected chi connectivity index (χ3v) is 10.4. The smallest absolute Gasteiger partial charge is 0.128 e. The molecule has 0 amide bonds. The van der Waals surface area contributed by atoms with Crippen molar-refractivity contribution >= 4 is 0 Å². The molecule has 4 saturated carbocycles. The lowest BCUT2D eigenvalue weighted by Gasteiger charge is -2.28. The van der Waals surface area contributed by atoms with Crippen LogP contribution in [-0.4, -0.2) is 0 Å². The Balaban J connectivity index is 1.32. The van der Waals surface area contributed by atoms with Crippen molar-refractivity contribution in [1.29, 1.82) is 0 Å². The molecule has 37 heavy (non-hydrogen) atoms. The standard InChI is InChI=1S/C36H50O/c1-5-13-27(14-6-1)31-21-32(28-15-7-2-8-16-28)24-35(23-31)37-36-25-33(29-17-9-3-10-18-29)22-34(26-36)30-19-11-4-12-20-30/h21-30H,1-20H2. The highest BCUT2D eigenvalue weighted by Crippen LogP contribution is 2.43. The Bertz CT molecular complexity index is 843. The molecule has 2 aromatic carbocycles. The van der Waals surface area contributed by atoms with Gasteiger partial charge in [0.15, 0.2) is 0 Å². The summed E-state index contributed by atoms with van der Waals surface area (Å²) in [5.41, 5.74) is 6.25. The maximum absolute atomic E-state index is 6.90. The van der Waals surface area contributed by atoms with Crippen molar-refractivity contribution < 1.29 is 4.74 Å². The second-order valence-electron chi connectivity index (χ2n) is 13.1. The van der Waals surface area contributed by atoms with E-state index in [2.05, 4.69) is 36.4 Å². The molecule has 6 rings (SSSR count). The van der Waals surface area contributed by atoms with Crippen LogP contribution in [0.4, 0.5) is 0 Å². The van der Waals surface area contributed by atoms with Gasteiger partial charge in [-0.3, -0.25) is 0 Å². The highest BCUT2D eigenvalue weighted by molar-refractivity contribution is 5.44. The van der Waals surface area contributed by atoms with Crippen LogP contribution < -0.4 is 4.74 Å². The maximum Gasteiger partial charge on any atom is 0.128 e. The van der Waals surface area contributed by atoms with Crippen molar-refractivity contribution in [2.24, 2.45) is 0 Å². The normalized spacial score (nSPS) is 23.2. The van der Waals surface area contributed by atoms with E-state index < -0.39 is 0 Å². The molecule has 0 spiro atoms. The molecule has 0 unspecified atom stereocenters. The Hall–Kier alpha value is -1.76. The summed E-state index contributed by atoms with van der Waals surface area (Å²) >= 11 is 0. The summed E-state index contributed by atoms with van der Waals surface area (Å²) in [5, 5.41) is 0. The maximum atomic E-state index is 6.90. The molecule has 4 aliphatic carbocycles. The Morgan fingerprint density at radius 3 is 0.811 bits per heavy atom. The van der Waals surface area contributed by atoms with E-state index in [0.29, 0.717) is 0 Å². The average Bonchev–Trinajstić information content (AvgIpc) is 2.99. The number of benzene rings is 2. The molecule has 0 N–H and O–H groups in total. The van der Waals surface area contributed by atoms with Gasteiger partial charge in [-0.05, 0) is 122 Å². The number of hydrogen-bond acceptors (Lipinski definition) is 1. The molecule has 4 fully saturated rings. The van der Waals surface area contributed by atoms with Crippen LogP contribution in [0, 0.1) is 0 Å². The lowest BCUT2D eigenvalue weighted by atomic mass is 9.79. The summed E-state index contributed by atoms with van der Waals surface area (Å²) in [6, 6.07) is 14.9. The largest absolute Gasteiger partial charge is 0.457 e. The van der Waals surface area contributed by atoms with Crippen LogP contribution in [0.2, 0.25) is 0 Å². The van der Waals surface area contributed by atoms with Gasteiger partial charge < -0.3 is 4.74 Å². The number of rotatable bonds is 6. The Labute approximate surface area is 226 Å². The van der Waals surface area contributed by atoms with Crippen LogP contribution in [0.15, 0.2) is 36.4 Å². The van der Waals surface area contributed by atoms with E-state index in [1.807, 2.05) is 0 Å². The lowest BCUT2D eigenvalue weighted by Crippen LogP contribution is -2.09. The van der Waals surface area contributed by atoms with Crippen LogP contribution in [0.25, 0.3) is 0 Å². The second kappa shape index (κ2) is 12.4. The predicted molar refractivity (Wildman–Crippen MR) is 156 cm³/mol. The molecule has 0 aromatic heterocycles. The van der Waals surface area contributed by atoms with Crippen molar-refractivity contribution in [3.8, 4) is 11.5 Å².